The van der Waals surface area contributed by atoms with Crippen LogP contribution in [-0.4, -0.2) is 59.1 Å². The summed E-state index contributed by atoms with van der Waals surface area (Å²) in [6.07, 6.45) is 5.84. The fraction of sp³-hybridized carbons (Fsp3) is 0.780. The summed E-state index contributed by atoms with van der Waals surface area (Å²) >= 11 is 0. The van der Waals surface area contributed by atoms with Gasteiger partial charge in [-0.3, -0.25) is 24.0 Å². The molecule has 0 aromatic rings. The summed E-state index contributed by atoms with van der Waals surface area (Å²) in [6.45, 7) is 15.5. The number of esters is 1. The lowest BCUT2D eigenvalue weighted by Crippen LogP contribution is -2.54. The van der Waals surface area contributed by atoms with Crippen LogP contribution in [0.1, 0.15) is 132 Å². The number of Topliss-reactive ketones (excluding diaryl/α,β-unsaturated/α-hetero) is 4. The lowest BCUT2D eigenvalue weighted by Gasteiger charge is -2.49. The smallest absolute Gasteiger partial charge is 0.313 e. The van der Waals surface area contributed by atoms with Crippen molar-refractivity contribution in [3.05, 3.63) is 22.8 Å². The first kappa shape index (κ1) is 39.3. The number of allylic oxidation sites excluding steroid dienone is 3. The number of methoxy groups -OCH3 is 1. The molecule has 49 heavy (non-hydrogen) atoms. The van der Waals surface area contributed by atoms with E-state index in [2.05, 4.69) is 0 Å². The van der Waals surface area contributed by atoms with Crippen molar-refractivity contribution in [3.8, 4) is 0 Å². The van der Waals surface area contributed by atoms with E-state index in [0.29, 0.717) is 25.7 Å². The highest BCUT2D eigenvalue weighted by Crippen LogP contribution is 2.57. The van der Waals surface area contributed by atoms with Crippen LogP contribution >= 0.6 is 0 Å². The van der Waals surface area contributed by atoms with Crippen LogP contribution in [-0.2, 0) is 33.4 Å². The van der Waals surface area contributed by atoms with Crippen molar-refractivity contribution in [2.45, 2.75) is 150 Å². The van der Waals surface area contributed by atoms with Crippen molar-refractivity contribution in [2.75, 3.05) is 7.11 Å². The molecule has 0 amide bonds. The molecule has 0 aromatic carbocycles. The van der Waals surface area contributed by atoms with Gasteiger partial charge in [0.15, 0.2) is 0 Å². The molecule has 2 bridgehead atoms. The Labute approximate surface area is 294 Å². The van der Waals surface area contributed by atoms with E-state index in [1.54, 1.807) is 6.92 Å². The van der Waals surface area contributed by atoms with Crippen LogP contribution in [0.15, 0.2) is 22.8 Å². The van der Waals surface area contributed by atoms with Crippen LogP contribution in [0.3, 0.4) is 0 Å². The SMILES string of the molecule is COC(=O)[C@]12CC(=O)[C@H](C(C)C)CC(=O)[C@H](C)CCC[C@H](C)CC(=O)[C@H]1CC(C)=C1[C@H]3C[C@](C)(O)[C@@H](CC[C@H](C)C(=O)CC/C(C)=C/[C@@H]12)O3. The molecule has 2 aliphatic heterocycles. The summed E-state index contributed by atoms with van der Waals surface area (Å²) in [5.41, 5.74) is -0.123. The van der Waals surface area contributed by atoms with Crippen LogP contribution < -0.4 is 0 Å². The molecular formula is C41H62O8. The zero-order valence-electron chi connectivity index (χ0n) is 31.6. The fourth-order valence-corrected chi connectivity index (χ4v) is 9.28. The highest BCUT2D eigenvalue weighted by atomic mass is 16.5. The molecule has 4 aliphatic rings. The number of carbonyl (C=O) groups excluding carboxylic acids is 5. The number of rotatable bonds is 2. The van der Waals surface area contributed by atoms with E-state index in [0.717, 1.165) is 36.0 Å². The summed E-state index contributed by atoms with van der Waals surface area (Å²) in [7, 11) is 1.32. The Bertz CT molecular complexity index is 1350. The van der Waals surface area contributed by atoms with Gasteiger partial charge in [-0.25, -0.2) is 0 Å². The van der Waals surface area contributed by atoms with Crippen molar-refractivity contribution in [3.63, 3.8) is 0 Å². The number of ether oxygens (including phenoxy) is 2. The second-order valence-corrected chi connectivity index (χ2v) is 16.9. The van der Waals surface area contributed by atoms with E-state index in [9.17, 15) is 29.1 Å². The van der Waals surface area contributed by atoms with Crippen molar-refractivity contribution in [1.82, 2.24) is 0 Å². The van der Waals surface area contributed by atoms with Gasteiger partial charge in [-0.1, -0.05) is 64.7 Å². The minimum absolute atomic E-state index is 0.0391. The first-order valence-electron chi connectivity index (χ1n) is 18.9. The maximum Gasteiger partial charge on any atom is 0.313 e. The third-order valence-corrected chi connectivity index (χ3v) is 12.6. The predicted octanol–water partition coefficient (Wildman–Crippen LogP) is 7.34. The molecule has 10 atom stereocenters. The third kappa shape index (κ3) is 8.38. The molecule has 0 radical (unpaired) electrons. The van der Waals surface area contributed by atoms with Crippen LogP contribution in [0.2, 0.25) is 0 Å². The Morgan fingerprint density at radius 1 is 0.898 bits per heavy atom. The lowest BCUT2D eigenvalue weighted by molar-refractivity contribution is -0.167. The highest BCUT2D eigenvalue weighted by Gasteiger charge is 2.61. The molecule has 8 nitrogen and oxygen atoms in total. The van der Waals surface area contributed by atoms with Gasteiger partial charge in [-0.05, 0) is 70.3 Å². The first-order valence-corrected chi connectivity index (χ1v) is 18.9. The molecule has 1 saturated carbocycles. The monoisotopic (exact) mass is 682 g/mol. The topological polar surface area (TPSA) is 124 Å². The zero-order valence-corrected chi connectivity index (χ0v) is 31.6. The molecule has 8 heteroatoms. The van der Waals surface area contributed by atoms with Gasteiger partial charge < -0.3 is 14.6 Å². The molecule has 274 valence electrons. The van der Waals surface area contributed by atoms with Crippen LogP contribution in [0.25, 0.3) is 0 Å². The number of ketones is 4. The Kier molecular flexibility index (Phi) is 12.7. The maximum absolute atomic E-state index is 14.7. The molecule has 2 heterocycles. The summed E-state index contributed by atoms with van der Waals surface area (Å²) < 4.78 is 12.3. The van der Waals surface area contributed by atoms with Crippen molar-refractivity contribution in [2.24, 2.45) is 46.8 Å². The Balaban J connectivity index is 1.99. The molecule has 0 unspecified atom stereocenters. The van der Waals surface area contributed by atoms with Gasteiger partial charge in [0, 0.05) is 61.7 Å². The number of fused-ring (bicyclic) bond motifs is 6. The van der Waals surface area contributed by atoms with Crippen molar-refractivity contribution < 1.29 is 38.6 Å². The largest absolute Gasteiger partial charge is 0.469 e. The summed E-state index contributed by atoms with van der Waals surface area (Å²) in [5, 5.41) is 11.7. The van der Waals surface area contributed by atoms with Gasteiger partial charge >= 0.3 is 5.97 Å². The van der Waals surface area contributed by atoms with E-state index in [1.807, 2.05) is 54.5 Å². The molecule has 1 N–H and O–H groups in total. The second-order valence-electron chi connectivity index (χ2n) is 16.9. The Morgan fingerprint density at radius 3 is 2.22 bits per heavy atom. The summed E-state index contributed by atoms with van der Waals surface area (Å²) in [5.74, 6) is -3.37. The second kappa shape index (κ2) is 15.8. The normalized spacial score (nSPS) is 40.3. The van der Waals surface area contributed by atoms with Gasteiger partial charge in [-0.15, -0.1) is 0 Å². The van der Waals surface area contributed by atoms with Gasteiger partial charge in [0.1, 0.15) is 23.1 Å². The molecule has 0 aromatic heterocycles. The zero-order chi connectivity index (χ0) is 36.4. The molecule has 4 rings (SSSR count). The number of hydrogen-bond acceptors (Lipinski definition) is 8. The third-order valence-electron chi connectivity index (χ3n) is 12.6. The van der Waals surface area contributed by atoms with Crippen LogP contribution in [0.5, 0.6) is 0 Å². The van der Waals surface area contributed by atoms with Crippen LogP contribution in [0, 0.1) is 46.8 Å². The highest BCUT2D eigenvalue weighted by molar-refractivity contribution is 5.97. The average molecular weight is 683 g/mol. The summed E-state index contributed by atoms with van der Waals surface area (Å²) in [6, 6.07) is 0. The molecule has 0 spiro atoms. The Morgan fingerprint density at radius 2 is 1.57 bits per heavy atom. The van der Waals surface area contributed by atoms with Gasteiger partial charge in [0.25, 0.3) is 0 Å². The van der Waals surface area contributed by atoms with Gasteiger partial charge in [-0.2, -0.15) is 0 Å². The minimum atomic E-state index is -1.59. The van der Waals surface area contributed by atoms with Gasteiger partial charge in [0.05, 0.1) is 30.3 Å². The lowest BCUT2D eigenvalue weighted by atomic mass is 9.53. The number of aliphatic hydroxyl groups is 1. The minimum Gasteiger partial charge on any atom is -0.469 e. The predicted molar refractivity (Wildman–Crippen MR) is 188 cm³/mol. The van der Waals surface area contributed by atoms with Gasteiger partial charge in [0.2, 0.25) is 0 Å². The summed E-state index contributed by atoms with van der Waals surface area (Å²) in [4.78, 5) is 70.7. The average Bonchev–Trinajstić information content (AvgIpc) is 3.33. The van der Waals surface area contributed by atoms with E-state index in [-0.39, 0.29) is 78.9 Å². The number of carbonyl (C=O) groups is 5. The Hall–Kier alpha value is -2.45. The fourth-order valence-electron chi connectivity index (χ4n) is 9.28. The van der Waals surface area contributed by atoms with Crippen molar-refractivity contribution >= 4 is 29.1 Å². The van der Waals surface area contributed by atoms with E-state index in [4.69, 9.17) is 9.47 Å². The standard InChI is InChI=1S/C41H62O8/c1-23(2)29-20-33(43)26(5)12-10-11-24(3)18-34(44)30-19-28(7)38-31(41(30,21-35(29)45)39(46)48-9)17-25(4)13-15-32(42)27(6)14-16-37-40(8,47)22-36(38)49-37/h17,23-24,26-27,29-31,36-37,47H,10-16,18-22H2,1-9H3/b25-17+/t24-,26+,27-,29-,30+,31-,36+,37+,40-,41+/m0/s1. The first-order chi connectivity index (χ1) is 22.9. The molecule has 2 fully saturated rings. The molecule has 2 aliphatic carbocycles. The maximum atomic E-state index is 14.7. The quantitative estimate of drug-likeness (QED) is 0.237. The number of hydrogen-bond donors (Lipinski definition) is 1. The molecule has 1 saturated heterocycles. The van der Waals surface area contributed by atoms with E-state index < -0.39 is 46.9 Å². The van der Waals surface area contributed by atoms with E-state index in [1.165, 1.54) is 7.11 Å². The van der Waals surface area contributed by atoms with Crippen LogP contribution in [0.4, 0.5) is 0 Å². The van der Waals surface area contributed by atoms with Crippen molar-refractivity contribution in [1.29, 1.82) is 0 Å². The van der Waals surface area contributed by atoms with E-state index >= 15 is 0 Å². The molecular weight excluding hydrogens is 620 g/mol.